The molecule has 1 atom stereocenters. The zero-order valence-electron chi connectivity index (χ0n) is 11.9. The molecule has 1 aliphatic rings. The summed E-state index contributed by atoms with van der Waals surface area (Å²) in [5.74, 6) is 0. The van der Waals surface area contributed by atoms with Gasteiger partial charge in [-0.25, -0.2) is 0 Å². The molecule has 17 heavy (non-hydrogen) atoms. The average molecular weight is 346 g/mol. The van der Waals surface area contributed by atoms with Crippen molar-refractivity contribution in [2.24, 2.45) is 0 Å². The monoisotopic (exact) mass is 347 g/mol. The predicted molar refractivity (Wildman–Crippen MR) is 73.8 cm³/mol. The summed E-state index contributed by atoms with van der Waals surface area (Å²) in [6, 6.07) is 0. The minimum absolute atomic E-state index is 0.154. The first kappa shape index (κ1) is 14.9. The molecule has 0 N–H and O–H groups in total. The van der Waals surface area contributed by atoms with Gasteiger partial charge in [0.05, 0.1) is 0 Å². The third kappa shape index (κ3) is 4.53. The summed E-state index contributed by atoms with van der Waals surface area (Å²) < 4.78 is 5.82. The van der Waals surface area contributed by atoms with Crippen LogP contribution in [0.2, 0.25) is 14.8 Å². The molecule has 1 unspecified atom stereocenters. The Hall–Kier alpha value is -0.191. The Morgan fingerprint density at radius 2 is 1.94 bits per heavy atom. The van der Waals surface area contributed by atoms with Crippen molar-refractivity contribution in [3.8, 4) is 0 Å². The molecule has 1 aliphatic heterocycles. The zero-order valence-corrected chi connectivity index (χ0v) is 14.8. The molecule has 1 amide bonds. The van der Waals surface area contributed by atoms with Gasteiger partial charge in [0.25, 0.3) is 0 Å². The Bertz CT molecular complexity index is 312. The number of nitrogens with zero attached hydrogens (tertiary/aromatic N) is 1. The van der Waals surface area contributed by atoms with Crippen LogP contribution in [0.1, 0.15) is 27.2 Å². The van der Waals surface area contributed by atoms with E-state index in [0.717, 1.165) is 13.0 Å². The van der Waals surface area contributed by atoms with Crippen LogP contribution in [0.5, 0.6) is 0 Å². The zero-order chi connectivity index (χ0) is 13.3. The normalized spacial score (nSPS) is 21.5. The molecule has 0 aromatic carbocycles. The van der Waals surface area contributed by atoms with Gasteiger partial charge in [-0.2, -0.15) is 0 Å². The summed E-state index contributed by atoms with van der Waals surface area (Å²) in [6.45, 7) is 6.55. The molecule has 3 nitrogen and oxygen atoms in total. The van der Waals surface area contributed by atoms with Crippen molar-refractivity contribution in [1.29, 1.82) is 0 Å². The number of carbonyl (C=O) groups excluding carboxylic acids is 1. The van der Waals surface area contributed by atoms with E-state index >= 15 is 0 Å². The maximum atomic E-state index is 12.2. The SMILES string of the molecule is CC(C)(C)OC(=O)N1CCC=C[CH]1[Sn]([CH3])([CH3])[CH3]. The van der Waals surface area contributed by atoms with E-state index in [-0.39, 0.29) is 6.09 Å². The third-order valence-corrected chi connectivity index (χ3v) is 9.21. The predicted octanol–water partition coefficient (Wildman–Crippen LogP) is 3.43. The summed E-state index contributed by atoms with van der Waals surface area (Å²) in [6.07, 6.45) is 5.20. The first-order valence-corrected chi connectivity index (χ1v) is 16.5. The van der Waals surface area contributed by atoms with Crippen LogP contribution in [-0.2, 0) is 4.74 Å². The second-order valence-electron chi connectivity index (χ2n) is 6.70. The second-order valence-corrected chi connectivity index (χ2v) is 21.9. The number of carbonyl (C=O) groups is 1. The van der Waals surface area contributed by atoms with E-state index in [0.29, 0.717) is 4.06 Å². The fourth-order valence-electron chi connectivity index (χ4n) is 1.96. The molecule has 0 fully saturated rings. The number of amides is 1. The van der Waals surface area contributed by atoms with Gasteiger partial charge in [0.1, 0.15) is 0 Å². The van der Waals surface area contributed by atoms with E-state index in [1.807, 2.05) is 25.7 Å². The second kappa shape index (κ2) is 5.20. The molecule has 1 heterocycles. The van der Waals surface area contributed by atoms with Gasteiger partial charge in [-0.1, -0.05) is 0 Å². The third-order valence-electron chi connectivity index (χ3n) is 2.71. The number of ether oxygens (including phenoxy) is 1. The van der Waals surface area contributed by atoms with Gasteiger partial charge in [0.15, 0.2) is 0 Å². The van der Waals surface area contributed by atoms with Crippen LogP contribution in [0.25, 0.3) is 0 Å². The number of hydrogen-bond donors (Lipinski definition) is 0. The van der Waals surface area contributed by atoms with E-state index in [9.17, 15) is 4.79 Å². The van der Waals surface area contributed by atoms with Gasteiger partial charge in [-0.3, -0.25) is 0 Å². The first-order valence-electron chi connectivity index (χ1n) is 6.27. The van der Waals surface area contributed by atoms with Gasteiger partial charge in [-0.05, 0) is 0 Å². The summed E-state index contributed by atoms with van der Waals surface area (Å²) in [5.41, 5.74) is -0.407. The molecule has 0 aromatic heterocycles. The Labute approximate surface area is 109 Å². The Morgan fingerprint density at radius 1 is 1.35 bits per heavy atom. The molecular weight excluding hydrogens is 321 g/mol. The van der Waals surface area contributed by atoms with Crippen LogP contribution in [-0.4, -0.2) is 45.6 Å². The molecule has 1 rings (SSSR count). The van der Waals surface area contributed by atoms with E-state index in [4.69, 9.17) is 4.74 Å². The van der Waals surface area contributed by atoms with Gasteiger partial charge in [0.2, 0.25) is 0 Å². The number of rotatable bonds is 1. The van der Waals surface area contributed by atoms with E-state index < -0.39 is 24.0 Å². The van der Waals surface area contributed by atoms with E-state index in [2.05, 4.69) is 27.0 Å². The van der Waals surface area contributed by atoms with Gasteiger partial charge in [-0.15, -0.1) is 0 Å². The molecule has 0 aliphatic carbocycles. The van der Waals surface area contributed by atoms with Crippen LogP contribution in [0, 0.1) is 0 Å². The first-order chi connectivity index (χ1) is 7.61. The fourth-order valence-corrected chi connectivity index (χ4v) is 7.34. The fraction of sp³-hybridized carbons (Fsp3) is 0.769. The van der Waals surface area contributed by atoms with Crippen molar-refractivity contribution in [2.45, 2.75) is 51.7 Å². The molecule has 0 radical (unpaired) electrons. The van der Waals surface area contributed by atoms with Crippen molar-refractivity contribution in [2.75, 3.05) is 6.54 Å². The quantitative estimate of drug-likeness (QED) is 0.538. The Morgan fingerprint density at radius 3 is 2.41 bits per heavy atom. The Kier molecular flexibility index (Phi) is 4.55. The van der Waals surface area contributed by atoms with Gasteiger partial charge in [0, 0.05) is 0 Å². The molecule has 0 aromatic rings. The average Bonchev–Trinajstić information content (AvgIpc) is 2.13. The summed E-state index contributed by atoms with van der Waals surface area (Å²) in [4.78, 5) is 21.2. The maximum absolute atomic E-state index is 12.2. The summed E-state index contributed by atoms with van der Waals surface area (Å²) in [5, 5.41) is 0. The van der Waals surface area contributed by atoms with Crippen LogP contribution in [0.4, 0.5) is 4.79 Å². The van der Waals surface area contributed by atoms with Crippen molar-refractivity contribution in [1.82, 2.24) is 4.90 Å². The summed E-state index contributed by atoms with van der Waals surface area (Å²) in [7, 11) is 0. The molecule has 0 saturated heterocycles. The van der Waals surface area contributed by atoms with E-state index in [1.165, 1.54) is 0 Å². The molecule has 0 saturated carbocycles. The number of hydrogen-bond acceptors (Lipinski definition) is 2. The minimum atomic E-state index is -2.16. The Balaban J connectivity index is 2.81. The van der Waals surface area contributed by atoms with Crippen molar-refractivity contribution in [3.05, 3.63) is 12.2 Å². The van der Waals surface area contributed by atoms with Crippen LogP contribution in [0.3, 0.4) is 0 Å². The molecule has 0 bridgehead atoms. The molecule has 0 spiro atoms. The van der Waals surface area contributed by atoms with Crippen molar-refractivity contribution in [3.63, 3.8) is 0 Å². The topological polar surface area (TPSA) is 29.5 Å². The standard InChI is InChI=1S/C10H16NO2.3CH3.Sn/c1-10(2,3)13-9(12)11-7-5-4-6-8-11;;;;/h4-5,7H,6,8H2,1-3H3;3*1H3;. The molecule has 4 heteroatoms. The van der Waals surface area contributed by atoms with Crippen molar-refractivity contribution < 1.29 is 9.53 Å². The molecular formula is C13H25NO2Sn. The van der Waals surface area contributed by atoms with Crippen molar-refractivity contribution >= 4 is 24.5 Å². The van der Waals surface area contributed by atoms with Gasteiger partial charge >= 0.3 is 109 Å². The van der Waals surface area contributed by atoms with E-state index in [1.54, 1.807) is 0 Å². The van der Waals surface area contributed by atoms with Crippen LogP contribution < -0.4 is 0 Å². The molecule has 98 valence electrons. The van der Waals surface area contributed by atoms with Crippen LogP contribution >= 0.6 is 0 Å². The van der Waals surface area contributed by atoms with Crippen LogP contribution in [0.15, 0.2) is 12.2 Å². The van der Waals surface area contributed by atoms with Gasteiger partial charge < -0.3 is 0 Å². The summed E-state index contributed by atoms with van der Waals surface area (Å²) >= 11 is -2.16.